The van der Waals surface area contributed by atoms with Gasteiger partial charge in [0.15, 0.2) is 0 Å². The van der Waals surface area contributed by atoms with Crippen molar-refractivity contribution in [2.45, 2.75) is 38.6 Å². The number of hydrogen-bond donors (Lipinski definition) is 1. The molecule has 0 saturated heterocycles. The van der Waals surface area contributed by atoms with Crippen molar-refractivity contribution in [1.82, 2.24) is 0 Å². The van der Waals surface area contributed by atoms with Crippen LogP contribution >= 0.6 is 0 Å². The molecule has 0 spiro atoms. The molecule has 2 N–H and O–H groups in total. The fourth-order valence-electron chi connectivity index (χ4n) is 2.43. The van der Waals surface area contributed by atoms with Crippen LogP contribution in [-0.4, -0.2) is 6.61 Å². The number of hydrogen-bond acceptors (Lipinski definition) is 2. The van der Waals surface area contributed by atoms with Gasteiger partial charge in [-0.25, -0.2) is 4.39 Å². The van der Waals surface area contributed by atoms with Crippen molar-refractivity contribution >= 4 is 0 Å². The van der Waals surface area contributed by atoms with Gasteiger partial charge in [-0.15, -0.1) is 0 Å². The van der Waals surface area contributed by atoms with Crippen molar-refractivity contribution in [2.75, 3.05) is 6.61 Å². The van der Waals surface area contributed by atoms with Crippen LogP contribution in [0.4, 0.5) is 4.39 Å². The molecular formula is C14H20FNO. The Morgan fingerprint density at radius 3 is 2.71 bits per heavy atom. The predicted molar refractivity (Wildman–Crippen MR) is 66.4 cm³/mol. The van der Waals surface area contributed by atoms with E-state index in [1.165, 1.54) is 38.2 Å². The van der Waals surface area contributed by atoms with E-state index < -0.39 is 0 Å². The third kappa shape index (κ3) is 3.19. The SMILES string of the molecule is NCc1c(F)cccc1OCC1CCCCC1. The lowest BCUT2D eigenvalue weighted by Crippen LogP contribution is -2.16. The Labute approximate surface area is 102 Å². The van der Waals surface area contributed by atoms with E-state index in [2.05, 4.69) is 0 Å². The summed E-state index contributed by atoms with van der Waals surface area (Å²) < 4.78 is 19.2. The molecule has 1 aliphatic rings. The van der Waals surface area contributed by atoms with Crippen molar-refractivity contribution in [2.24, 2.45) is 11.7 Å². The summed E-state index contributed by atoms with van der Waals surface area (Å²) in [7, 11) is 0. The third-order valence-corrected chi connectivity index (χ3v) is 3.48. The zero-order valence-electron chi connectivity index (χ0n) is 10.1. The lowest BCUT2D eigenvalue weighted by Gasteiger charge is -2.22. The lowest BCUT2D eigenvalue weighted by atomic mass is 9.90. The molecule has 1 aromatic carbocycles. The summed E-state index contributed by atoms with van der Waals surface area (Å²) in [5.41, 5.74) is 6.03. The Balaban J connectivity index is 1.95. The Bertz CT molecular complexity index is 361. The summed E-state index contributed by atoms with van der Waals surface area (Å²) >= 11 is 0. The molecule has 0 aromatic heterocycles. The minimum atomic E-state index is -0.270. The van der Waals surface area contributed by atoms with Gasteiger partial charge in [0, 0.05) is 12.1 Å². The number of ether oxygens (including phenoxy) is 1. The van der Waals surface area contributed by atoms with Gasteiger partial charge in [0.25, 0.3) is 0 Å². The van der Waals surface area contributed by atoms with E-state index in [1.807, 2.05) is 0 Å². The highest BCUT2D eigenvalue weighted by atomic mass is 19.1. The third-order valence-electron chi connectivity index (χ3n) is 3.48. The van der Waals surface area contributed by atoms with Crippen LogP contribution in [0.15, 0.2) is 18.2 Å². The highest BCUT2D eigenvalue weighted by molar-refractivity contribution is 5.34. The molecule has 2 rings (SSSR count). The van der Waals surface area contributed by atoms with E-state index in [1.54, 1.807) is 12.1 Å². The first-order chi connectivity index (χ1) is 8.31. The molecule has 94 valence electrons. The molecule has 1 fully saturated rings. The van der Waals surface area contributed by atoms with Gasteiger partial charge in [-0.2, -0.15) is 0 Å². The van der Waals surface area contributed by atoms with E-state index in [0.717, 1.165) is 0 Å². The smallest absolute Gasteiger partial charge is 0.131 e. The largest absolute Gasteiger partial charge is 0.493 e. The van der Waals surface area contributed by atoms with Crippen molar-refractivity contribution in [3.63, 3.8) is 0 Å². The van der Waals surface area contributed by atoms with Gasteiger partial charge < -0.3 is 10.5 Å². The number of halogens is 1. The van der Waals surface area contributed by atoms with Gasteiger partial charge in [-0.3, -0.25) is 0 Å². The van der Waals surface area contributed by atoms with E-state index >= 15 is 0 Å². The molecule has 0 bridgehead atoms. The van der Waals surface area contributed by atoms with Crippen LogP contribution in [0, 0.1) is 11.7 Å². The predicted octanol–water partition coefficient (Wildman–Crippen LogP) is 3.24. The molecule has 0 heterocycles. The van der Waals surface area contributed by atoms with Crippen LogP contribution in [0.1, 0.15) is 37.7 Å². The Morgan fingerprint density at radius 1 is 1.24 bits per heavy atom. The van der Waals surface area contributed by atoms with Gasteiger partial charge in [-0.05, 0) is 30.9 Å². The van der Waals surface area contributed by atoms with Crippen molar-refractivity contribution in [3.8, 4) is 5.75 Å². The summed E-state index contributed by atoms with van der Waals surface area (Å²) in [5.74, 6) is 0.962. The second-order valence-corrected chi connectivity index (χ2v) is 4.74. The number of benzene rings is 1. The first-order valence-corrected chi connectivity index (χ1v) is 6.41. The Morgan fingerprint density at radius 2 is 2.00 bits per heavy atom. The molecule has 0 atom stereocenters. The summed E-state index contributed by atoms with van der Waals surface area (Å²) in [6.45, 7) is 0.878. The minimum absolute atomic E-state index is 0.187. The molecule has 0 aliphatic heterocycles. The maximum Gasteiger partial charge on any atom is 0.131 e. The summed E-state index contributed by atoms with van der Waals surface area (Å²) in [4.78, 5) is 0. The van der Waals surface area contributed by atoms with Crippen LogP contribution in [0.3, 0.4) is 0 Å². The highest BCUT2D eigenvalue weighted by Gasteiger charge is 2.15. The van der Waals surface area contributed by atoms with Gasteiger partial charge in [0.2, 0.25) is 0 Å². The number of rotatable bonds is 4. The standard InChI is InChI=1S/C14H20FNO/c15-13-7-4-8-14(12(13)9-16)17-10-11-5-2-1-3-6-11/h4,7-8,11H,1-3,5-6,9-10,16H2. The maximum atomic E-state index is 13.5. The van der Waals surface area contributed by atoms with Gasteiger partial charge in [0.05, 0.1) is 6.61 Å². The maximum absolute atomic E-state index is 13.5. The number of nitrogens with two attached hydrogens (primary N) is 1. The van der Waals surface area contributed by atoms with Crippen LogP contribution in [0.2, 0.25) is 0 Å². The zero-order valence-corrected chi connectivity index (χ0v) is 10.1. The van der Waals surface area contributed by atoms with Gasteiger partial charge in [-0.1, -0.05) is 25.3 Å². The molecule has 1 aliphatic carbocycles. The average Bonchev–Trinajstić information content (AvgIpc) is 2.37. The Hall–Kier alpha value is -1.09. The van der Waals surface area contributed by atoms with E-state index in [0.29, 0.717) is 23.8 Å². The average molecular weight is 237 g/mol. The fraction of sp³-hybridized carbons (Fsp3) is 0.571. The lowest BCUT2D eigenvalue weighted by molar-refractivity contribution is 0.206. The van der Waals surface area contributed by atoms with Gasteiger partial charge >= 0.3 is 0 Å². The highest BCUT2D eigenvalue weighted by Crippen LogP contribution is 2.26. The van der Waals surface area contributed by atoms with Crippen LogP contribution in [0.25, 0.3) is 0 Å². The Kier molecular flexibility index (Phi) is 4.37. The van der Waals surface area contributed by atoms with E-state index in [4.69, 9.17) is 10.5 Å². The van der Waals surface area contributed by atoms with Crippen molar-refractivity contribution in [3.05, 3.63) is 29.6 Å². The molecule has 17 heavy (non-hydrogen) atoms. The molecule has 0 unspecified atom stereocenters. The normalized spacial score (nSPS) is 17.1. The topological polar surface area (TPSA) is 35.2 Å². The fourth-order valence-corrected chi connectivity index (χ4v) is 2.43. The zero-order chi connectivity index (χ0) is 12.1. The molecule has 3 heteroatoms. The molecule has 2 nitrogen and oxygen atoms in total. The molecule has 1 saturated carbocycles. The second kappa shape index (κ2) is 6.01. The van der Waals surface area contributed by atoms with Crippen LogP contribution < -0.4 is 10.5 Å². The first-order valence-electron chi connectivity index (χ1n) is 6.41. The summed E-state index contributed by atoms with van der Waals surface area (Å²) in [6, 6.07) is 4.90. The summed E-state index contributed by atoms with van der Waals surface area (Å²) in [6.07, 6.45) is 6.38. The van der Waals surface area contributed by atoms with Crippen LogP contribution in [0.5, 0.6) is 5.75 Å². The van der Waals surface area contributed by atoms with Crippen LogP contribution in [-0.2, 0) is 6.54 Å². The van der Waals surface area contributed by atoms with E-state index in [-0.39, 0.29) is 12.4 Å². The molecule has 0 radical (unpaired) electrons. The quantitative estimate of drug-likeness (QED) is 0.872. The molecular weight excluding hydrogens is 217 g/mol. The summed E-state index contributed by atoms with van der Waals surface area (Å²) in [5, 5.41) is 0. The molecule has 1 aromatic rings. The van der Waals surface area contributed by atoms with Crippen molar-refractivity contribution in [1.29, 1.82) is 0 Å². The monoisotopic (exact) mass is 237 g/mol. The van der Waals surface area contributed by atoms with Gasteiger partial charge in [0.1, 0.15) is 11.6 Å². The van der Waals surface area contributed by atoms with Crippen molar-refractivity contribution < 1.29 is 9.13 Å². The van der Waals surface area contributed by atoms with E-state index in [9.17, 15) is 4.39 Å². The minimum Gasteiger partial charge on any atom is -0.493 e. The first kappa shape index (κ1) is 12.4. The second-order valence-electron chi connectivity index (χ2n) is 4.74. The molecule has 0 amide bonds.